The minimum absolute atomic E-state index is 0.188. The van der Waals surface area contributed by atoms with E-state index < -0.39 is 22.3 Å². The lowest BCUT2D eigenvalue weighted by Gasteiger charge is -2.03. The van der Waals surface area contributed by atoms with Gasteiger partial charge in [-0.1, -0.05) is 19.4 Å². The lowest BCUT2D eigenvalue weighted by atomic mass is 10.1. The van der Waals surface area contributed by atoms with Crippen molar-refractivity contribution in [2.75, 3.05) is 6.54 Å². The Balaban J connectivity index is 2.98. The molecule has 1 rings (SSSR count). The van der Waals surface area contributed by atoms with Crippen LogP contribution in [0.4, 0.5) is 10.1 Å². The van der Waals surface area contributed by atoms with E-state index in [1.807, 2.05) is 6.92 Å². The van der Waals surface area contributed by atoms with Gasteiger partial charge in [-0.2, -0.15) is 9.65 Å². The van der Waals surface area contributed by atoms with Crippen LogP contribution in [0.2, 0.25) is 0 Å². The molecule has 110 valence electrons. The molecule has 1 aromatic carbocycles. The van der Waals surface area contributed by atoms with Gasteiger partial charge < -0.3 is 5.32 Å². The zero-order valence-electron chi connectivity index (χ0n) is 11.4. The average Bonchev–Trinajstić information content (AvgIpc) is 2.46. The minimum atomic E-state index is -0.969. The van der Waals surface area contributed by atoms with Crippen LogP contribution in [0.15, 0.2) is 23.8 Å². The van der Waals surface area contributed by atoms with Crippen LogP contribution in [0.1, 0.15) is 25.3 Å². The number of nitro benzene ring substituents is 1. The van der Waals surface area contributed by atoms with Gasteiger partial charge in [0.2, 0.25) is 5.82 Å². The van der Waals surface area contributed by atoms with E-state index in [4.69, 9.17) is 5.26 Å². The molecule has 0 aliphatic heterocycles. The highest BCUT2D eigenvalue weighted by molar-refractivity contribution is 6.01. The summed E-state index contributed by atoms with van der Waals surface area (Å²) in [7, 11) is 0. The van der Waals surface area contributed by atoms with Crippen molar-refractivity contribution in [2.45, 2.75) is 19.8 Å². The third kappa shape index (κ3) is 4.69. The van der Waals surface area contributed by atoms with E-state index >= 15 is 0 Å². The monoisotopic (exact) mass is 291 g/mol. The number of amides is 1. The van der Waals surface area contributed by atoms with E-state index in [1.165, 1.54) is 12.1 Å². The lowest BCUT2D eigenvalue weighted by molar-refractivity contribution is -0.387. The molecule has 6 nitrogen and oxygen atoms in total. The maximum atomic E-state index is 13.2. The first-order valence-corrected chi connectivity index (χ1v) is 6.33. The Kier molecular flexibility index (Phi) is 6.01. The molecule has 0 aliphatic rings. The predicted octanol–water partition coefficient (Wildman–Crippen LogP) is 2.56. The summed E-state index contributed by atoms with van der Waals surface area (Å²) >= 11 is 0. The predicted molar refractivity (Wildman–Crippen MR) is 74.6 cm³/mol. The highest BCUT2D eigenvalue weighted by Gasteiger charge is 2.15. The van der Waals surface area contributed by atoms with Crippen molar-refractivity contribution in [1.29, 1.82) is 5.26 Å². The summed E-state index contributed by atoms with van der Waals surface area (Å²) in [5.41, 5.74) is -0.676. The van der Waals surface area contributed by atoms with Crippen molar-refractivity contribution < 1.29 is 14.1 Å². The SMILES string of the molecule is CCCCNC(=O)C(C#N)=Cc1ccc(F)c([N+](=O)[O-])c1. The normalized spacial score (nSPS) is 10.8. The van der Waals surface area contributed by atoms with E-state index in [0.717, 1.165) is 25.0 Å². The van der Waals surface area contributed by atoms with Crippen LogP contribution >= 0.6 is 0 Å². The molecule has 7 heteroatoms. The van der Waals surface area contributed by atoms with Crippen molar-refractivity contribution in [3.63, 3.8) is 0 Å². The van der Waals surface area contributed by atoms with Crippen LogP contribution in [0.3, 0.4) is 0 Å². The van der Waals surface area contributed by atoms with Gasteiger partial charge in [-0.25, -0.2) is 0 Å². The lowest BCUT2D eigenvalue weighted by Crippen LogP contribution is -2.25. The number of unbranched alkanes of at least 4 members (excludes halogenated alkanes) is 1. The van der Waals surface area contributed by atoms with E-state index in [9.17, 15) is 19.3 Å². The molecule has 0 fully saturated rings. The molecule has 0 atom stereocenters. The van der Waals surface area contributed by atoms with E-state index in [1.54, 1.807) is 6.07 Å². The maximum absolute atomic E-state index is 13.2. The number of hydrogen-bond acceptors (Lipinski definition) is 4. The average molecular weight is 291 g/mol. The molecule has 0 heterocycles. The molecule has 1 N–H and O–H groups in total. The Morgan fingerprint density at radius 1 is 1.57 bits per heavy atom. The first kappa shape index (κ1) is 16.3. The fraction of sp³-hybridized carbons (Fsp3) is 0.286. The summed E-state index contributed by atoms with van der Waals surface area (Å²) in [5.74, 6) is -1.53. The van der Waals surface area contributed by atoms with E-state index in [0.29, 0.717) is 6.54 Å². The zero-order valence-corrected chi connectivity index (χ0v) is 11.4. The molecule has 0 unspecified atom stereocenters. The molecule has 0 radical (unpaired) electrons. The second-order valence-corrected chi connectivity index (χ2v) is 4.25. The number of rotatable bonds is 6. The molecule has 0 bridgehead atoms. The summed E-state index contributed by atoms with van der Waals surface area (Å²) in [6, 6.07) is 4.89. The molecule has 0 spiro atoms. The van der Waals surface area contributed by atoms with E-state index in [2.05, 4.69) is 5.32 Å². The van der Waals surface area contributed by atoms with Gasteiger partial charge in [0.05, 0.1) is 4.92 Å². The van der Waals surface area contributed by atoms with Crippen molar-refractivity contribution in [3.8, 4) is 6.07 Å². The molecule has 1 amide bonds. The van der Waals surface area contributed by atoms with Crippen LogP contribution in [-0.4, -0.2) is 17.4 Å². The van der Waals surface area contributed by atoms with Crippen LogP contribution < -0.4 is 5.32 Å². The van der Waals surface area contributed by atoms with Gasteiger partial charge in [-0.3, -0.25) is 14.9 Å². The van der Waals surface area contributed by atoms with Crippen molar-refractivity contribution in [1.82, 2.24) is 5.32 Å². The van der Waals surface area contributed by atoms with Gasteiger partial charge in [-0.15, -0.1) is 0 Å². The molecule has 0 aliphatic carbocycles. The van der Waals surface area contributed by atoms with Crippen LogP contribution in [0.25, 0.3) is 6.08 Å². The highest BCUT2D eigenvalue weighted by Crippen LogP contribution is 2.20. The van der Waals surface area contributed by atoms with E-state index in [-0.39, 0.29) is 11.1 Å². The summed E-state index contributed by atoms with van der Waals surface area (Å²) in [6.45, 7) is 2.41. The van der Waals surface area contributed by atoms with Gasteiger partial charge in [0.15, 0.2) is 0 Å². The number of hydrogen-bond donors (Lipinski definition) is 1. The smallest absolute Gasteiger partial charge is 0.305 e. The molecular weight excluding hydrogens is 277 g/mol. The Bertz CT molecular complexity index is 620. The summed E-state index contributed by atoms with van der Waals surface area (Å²) < 4.78 is 13.2. The Labute approximate surface area is 121 Å². The maximum Gasteiger partial charge on any atom is 0.305 e. The van der Waals surface area contributed by atoms with Crippen molar-refractivity contribution in [2.24, 2.45) is 0 Å². The second-order valence-electron chi connectivity index (χ2n) is 4.25. The number of nitro groups is 1. The Morgan fingerprint density at radius 3 is 2.86 bits per heavy atom. The molecule has 0 saturated carbocycles. The highest BCUT2D eigenvalue weighted by atomic mass is 19.1. The Hall–Kier alpha value is -2.75. The largest absolute Gasteiger partial charge is 0.351 e. The standard InChI is InChI=1S/C14H14FN3O3/c1-2-3-6-17-14(19)11(9-16)7-10-4-5-12(15)13(8-10)18(20)21/h4-5,7-8H,2-3,6H2,1H3,(H,17,19). The molecule has 0 saturated heterocycles. The van der Waals surface area contributed by atoms with Crippen molar-refractivity contribution in [3.05, 3.63) is 45.3 Å². The summed E-state index contributed by atoms with van der Waals surface area (Å²) in [4.78, 5) is 21.5. The van der Waals surface area contributed by atoms with Gasteiger partial charge in [0.1, 0.15) is 11.6 Å². The number of carbonyl (C=O) groups excluding carboxylic acids is 1. The molecular formula is C14H14FN3O3. The first-order valence-electron chi connectivity index (χ1n) is 6.33. The van der Waals surface area contributed by atoms with Crippen LogP contribution in [0.5, 0.6) is 0 Å². The fourth-order valence-corrected chi connectivity index (χ4v) is 1.55. The Morgan fingerprint density at radius 2 is 2.29 bits per heavy atom. The zero-order chi connectivity index (χ0) is 15.8. The number of halogens is 1. The quantitative estimate of drug-likeness (QED) is 0.286. The topological polar surface area (TPSA) is 96.0 Å². The van der Waals surface area contributed by atoms with Crippen LogP contribution in [0, 0.1) is 27.3 Å². The van der Waals surface area contributed by atoms with Gasteiger partial charge in [0, 0.05) is 12.6 Å². The van der Waals surface area contributed by atoms with Gasteiger partial charge in [0.25, 0.3) is 5.91 Å². The number of nitriles is 1. The molecule has 0 aromatic heterocycles. The number of nitrogens with one attached hydrogen (secondary N) is 1. The second kappa shape index (κ2) is 7.75. The molecule has 1 aromatic rings. The molecule has 21 heavy (non-hydrogen) atoms. The number of benzene rings is 1. The van der Waals surface area contributed by atoms with Gasteiger partial charge in [-0.05, 0) is 24.1 Å². The number of carbonyl (C=O) groups is 1. The first-order chi connectivity index (χ1) is 9.99. The fourth-order valence-electron chi connectivity index (χ4n) is 1.55. The third-order valence-electron chi connectivity index (χ3n) is 2.66. The van der Waals surface area contributed by atoms with Crippen LogP contribution in [-0.2, 0) is 4.79 Å². The summed E-state index contributed by atoms with van der Waals surface area (Å²) in [5, 5.41) is 22.2. The summed E-state index contributed by atoms with van der Waals surface area (Å²) in [6.07, 6.45) is 2.87. The number of nitrogens with zero attached hydrogens (tertiary/aromatic N) is 2. The minimum Gasteiger partial charge on any atom is -0.351 e. The third-order valence-corrected chi connectivity index (χ3v) is 2.66. The van der Waals surface area contributed by atoms with Gasteiger partial charge >= 0.3 is 5.69 Å². The van der Waals surface area contributed by atoms with Crippen molar-refractivity contribution >= 4 is 17.7 Å².